The van der Waals surface area contributed by atoms with Gasteiger partial charge in [0.05, 0.1) is 0 Å². The van der Waals surface area contributed by atoms with Gasteiger partial charge in [-0.25, -0.2) is 4.98 Å². The lowest BCUT2D eigenvalue weighted by Gasteiger charge is -2.37. The van der Waals surface area contributed by atoms with Crippen LogP contribution in [-0.4, -0.2) is 39.2 Å². The number of nitrogens with one attached hydrogen (secondary N) is 2. The predicted molar refractivity (Wildman–Crippen MR) is 133 cm³/mol. The van der Waals surface area contributed by atoms with Crippen molar-refractivity contribution in [2.45, 2.75) is 76.9 Å². The first kappa shape index (κ1) is 25.7. The maximum absolute atomic E-state index is 13.6. The van der Waals surface area contributed by atoms with Gasteiger partial charge in [0, 0.05) is 35.6 Å². The molecule has 1 aromatic carbocycles. The average Bonchev–Trinajstić information content (AvgIpc) is 3.30. The second-order valence-electron chi connectivity index (χ2n) is 9.70. The number of hydrogen-bond acceptors (Lipinski definition) is 4. The van der Waals surface area contributed by atoms with E-state index >= 15 is 0 Å². The molecule has 1 heterocycles. The maximum Gasteiger partial charge on any atom is 0.247 e. The number of pyridine rings is 1. The second-order valence-corrected chi connectivity index (χ2v) is 10.1. The summed E-state index contributed by atoms with van der Waals surface area (Å²) in [4.78, 5) is 45.3. The Morgan fingerprint density at radius 3 is 2.32 bits per heavy atom. The number of anilines is 1. The van der Waals surface area contributed by atoms with Crippen LogP contribution in [-0.2, 0) is 14.4 Å². The minimum atomic E-state index is -0.800. The first-order valence-corrected chi connectivity index (χ1v) is 12.1. The molecular weight excluding hydrogens is 452 g/mol. The molecule has 1 aromatic heterocycles. The number of aromatic nitrogens is 1. The van der Waals surface area contributed by atoms with Crippen LogP contribution in [0.15, 0.2) is 48.7 Å². The molecular formula is C26H33ClN4O3. The Balaban J connectivity index is 1.84. The van der Waals surface area contributed by atoms with Gasteiger partial charge in [-0.3, -0.25) is 14.4 Å². The SMILES string of the molecule is CC(C)(C)NC(=O)C(c1ccc(Cl)cc1)N(C(=O)CCC(=O)Nc1ccccn1)C1CCCC1. The number of nitrogens with zero attached hydrogens (tertiary/aromatic N) is 2. The topological polar surface area (TPSA) is 91.4 Å². The predicted octanol–water partition coefficient (Wildman–Crippen LogP) is 4.88. The Hall–Kier alpha value is -2.93. The summed E-state index contributed by atoms with van der Waals surface area (Å²) in [6.45, 7) is 5.73. The molecule has 8 heteroatoms. The van der Waals surface area contributed by atoms with E-state index in [1.165, 1.54) is 0 Å². The minimum Gasteiger partial charge on any atom is -0.349 e. The number of carbonyl (C=O) groups is 3. The molecule has 2 aromatic rings. The van der Waals surface area contributed by atoms with Crippen molar-refractivity contribution in [3.63, 3.8) is 0 Å². The standard InChI is InChI=1S/C26H33ClN4O3/c1-26(2,3)30-25(34)24(18-11-13-19(27)14-12-18)31(20-8-4-5-9-20)23(33)16-15-22(32)29-21-10-6-7-17-28-21/h6-7,10-14,17,20,24H,4-5,8-9,15-16H2,1-3H3,(H,30,34)(H,28,29,32). The van der Waals surface area contributed by atoms with Crippen LogP contribution in [0.25, 0.3) is 0 Å². The summed E-state index contributed by atoms with van der Waals surface area (Å²) in [6, 6.07) is 11.4. The largest absolute Gasteiger partial charge is 0.349 e. The molecule has 0 bridgehead atoms. The van der Waals surface area contributed by atoms with Crippen molar-refractivity contribution in [3.05, 3.63) is 59.2 Å². The molecule has 1 atom stereocenters. The average molecular weight is 485 g/mol. The lowest BCUT2D eigenvalue weighted by molar-refractivity contribution is -0.144. The van der Waals surface area contributed by atoms with Gasteiger partial charge in [-0.15, -0.1) is 0 Å². The van der Waals surface area contributed by atoms with Crippen LogP contribution >= 0.6 is 11.6 Å². The Morgan fingerprint density at radius 2 is 1.74 bits per heavy atom. The molecule has 1 aliphatic rings. The van der Waals surface area contributed by atoms with Crippen LogP contribution in [0.4, 0.5) is 5.82 Å². The zero-order valence-electron chi connectivity index (χ0n) is 20.0. The Bertz CT molecular complexity index is 983. The zero-order valence-corrected chi connectivity index (χ0v) is 20.8. The van der Waals surface area contributed by atoms with E-state index in [4.69, 9.17) is 11.6 Å². The van der Waals surface area contributed by atoms with Crippen molar-refractivity contribution in [2.75, 3.05) is 5.32 Å². The van der Waals surface area contributed by atoms with Gasteiger partial charge in [0.15, 0.2) is 0 Å². The van der Waals surface area contributed by atoms with E-state index in [1.807, 2.05) is 20.8 Å². The molecule has 1 aliphatic carbocycles. The van der Waals surface area contributed by atoms with E-state index in [-0.39, 0.29) is 36.6 Å². The van der Waals surface area contributed by atoms with E-state index < -0.39 is 11.6 Å². The summed E-state index contributed by atoms with van der Waals surface area (Å²) in [5.74, 6) is -0.308. The third-order valence-corrected chi connectivity index (χ3v) is 5.97. The van der Waals surface area contributed by atoms with Gasteiger partial charge in [-0.1, -0.05) is 42.6 Å². The number of hydrogen-bond donors (Lipinski definition) is 2. The van der Waals surface area contributed by atoms with Crippen LogP contribution < -0.4 is 10.6 Å². The fraction of sp³-hybridized carbons (Fsp3) is 0.462. The monoisotopic (exact) mass is 484 g/mol. The van der Waals surface area contributed by atoms with Crippen LogP contribution in [0.5, 0.6) is 0 Å². The normalized spacial score (nSPS) is 14.9. The highest BCUT2D eigenvalue weighted by Crippen LogP contribution is 2.33. The molecule has 0 spiro atoms. The van der Waals surface area contributed by atoms with Gasteiger partial charge in [-0.05, 0) is 63.4 Å². The fourth-order valence-corrected chi connectivity index (χ4v) is 4.38. The first-order valence-electron chi connectivity index (χ1n) is 11.7. The van der Waals surface area contributed by atoms with Crippen LogP contribution in [0.2, 0.25) is 5.02 Å². The third-order valence-electron chi connectivity index (χ3n) is 5.71. The molecule has 1 unspecified atom stereocenters. The Kier molecular flexibility index (Phi) is 8.67. The molecule has 1 fully saturated rings. The van der Waals surface area contributed by atoms with Gasteiger partial charge >= 0.3 is 0 Å². The molecule has 2 N–H and O–H groups in total. The van der Waals surface area contributed by atoms with E-state index in [9.17, 15) is 14.4 Å². The van der Waals surface area contributed by atoms with Crippen LogP contribution in [0.1, 0.15) is 70.9 Å². The highest BCUT2D eigenvalue weighted by Gasteiger charge is 2.38. The summed E-state index contributed by atoms with van der Waals surface area (Å²) < 4.78 is 0. The molecule has 0 saturated heterocycles. The zero-order chi connectivity index (χ0) is 24.7. The number of carbonyl (C=O) groups excluding carboxylic acids is 3. The first-order chi connectivity index (χ1) is 16.1. The molecule has 7 nitrogen and oxygen atoms in total. The van der Waals surface area contributed by atoms with Gasteiger partial charge in [0.25, 0.3) is 0 Å². The van der Waals surface area contributed by atoms with E-state index in [0.29, 0.717) is 16.4 Å². The van der Waals surface area contributed by atoms with Crippen molar-refractivity contribution >= 4 is 35.1 Å². The van der Waals surface area contributed by atoms with E-state index in [1.54, 1.807) is 53.6 Å². The second kappa shape index (κ2) is 11.5. The van der Waals surface area contributed by atoms with Gasteiger partial charge in [0.1, 0.15) is 11.9 Å². The molecule has 0 radical (unpaired) electrons. The highest BCUT2D eigenvalue weighted by atomic mass is 35.5. The molecule has 0 aliphatic heterocycles. The number of halogens is 1. The van der Waals surface area contributed by atoms with Crippen molar-refractivity contribution < 1.29 is 14.4 Å². The summed E-state index contributed by atoms with van der Waals surface area (Å²) in [5.41, 5.74) is 0.235. The number of benzene rings is 1. The summed E-state index contributed by atoms with van der Waals surface area (Å²) in [5, 5.41) is 6.31. The van der Waals surface area contributed by atoms with E-state index in [0.717, 1.165) is 25.7 Å². The van der Waals surface area contributed by atoms with Gasteiger partial charge < -0.3 is 15.5 Å². The third kappa shape index (κ3) is 7.29. The maximum atomic E-state index is 13.6. The summed E-state index contributed by atoms with van der Waals surface area (Å²) in [7, 11) is 0. The molecule has 3 amide bonds. The summed E-state index contributed by atoms with van der Waals surface area (Å²) in [6.07, 6.45) is 5.27. The number of amides is 3. The van der Waals surface area contributed by atoms with Crippen molar-refractivity contribution in [3.8, 4) is 0 Å². The Labute approximate surface area is 206 Å². The number of rotatable bonds is 8. The lowest BCUT2D eigenvalue weighted by Crippen LogP contribution is -2.51. The van der Waals surface area contributed by atoms with Crippen LogP contribution in [0.3, 0.4) is 0 Å². The smallest absolute Gasteiger partial charge is 0.247 e. The highest BCUT2D eigenvalue weighted by molar-refractivity contribution is 6.30. The summed E-state index contributed by atoms with van der Waals surface area (Å²) >= 11 is 6.09. The van der Waals surface area contributed by atoms with E-state index in [2.05, 4.69) is 15.6 Å². The molecule has 3 rings (SSSR count). The minimum absolute atomic E-state index is 0.00204. The molecule has 34 heavy (non-hydrogen) atoms. The Morgan fingerprint density at radius 1 is 1.06 bits per heavy atom. The lowest BCUT2D eigenvalue weighted by atomic mass is 9.98. The molecule has 182 valence electrons. The van der Waals surface area contributed by atoms with Gasteiger partial charge in [0.2, 0.25) is 17.7 Å². The molecule has 1 saturated carbocycles. The van der Waals surface area contributed by atoms with Crippen molar-refractivity contribution in [2.24, 2.45) is 0 Å². The van der Waals surface area contributed by atoms with Crippen LogP contribution in [0, 0.1) is 0 Å². The quantitative estimate of drug-likeness (QED) is 0.558. The fourth-order valence-electron chi connectivity index (χ4n) is 4.25. The van der Waals surface area contributed by atoms with Gasteiger partial charge in [-0.2, -0.15) is 0 Å². The van der Waals surface area contributed by atoms with Crippen molar-refractivity contribution in [1.82, 2.24) is 15.2 Å². The van der Waals surface area contributed by atoms with Crippen molar-refractivity contribution in [1.29, 1.82) is 0 Å².